The minimum Gasteiger partial charge on any atom is -0.436 e. The molecule has 19 heavy (non-hydrogen) atoms. The maximum Gasteiger partial charge on any atom is 0.240 e. The maximum atomic E-state index is 5.98. The standard InChI is InChI=1S/C11H5Cl5N2O/c12-4-1-6(14)9(3-5(4)13)19-11-8(16)2-7(15)10(17)18-11/h1-3H,(H2,17,18). The van der Waals surface area contributed by atoms with E-state index in [1.165, 1.54) is 18.2 Å². The van der Waals surface area contributed by atoms with E-state index in [1.807, 2.05) is 0 Å². The normalized spacial score (nSPS) is 10.6. The highest BCUT2D eigenvalue weighted by atomic mass is 35.5. The van der Waals surface area contributed by atoms with Gasteiger partial charge in [0.05, 0.1) is 20.1 Å². The first-order valence-electron chi connectivity index (χ1n) is 4.82. The number of halogens is 5. The fourth-order valence-corrected chi connectivity index (χ4v) is 2.19. The van der Waals surface area contributed by atoms with Crippen LogP contribution in [-0.2, 0) is 0 Å². The van der Waals surface area contributed by atoms with Gasteiger partial charge in [-0.3, -0.25) is 0 Å². The molecule has 8 heteroatoms. The Labute approximate surface area is 134 Å². The number of hydrogen-bond acceptors (Lipinski definition) is 3. The van der Waals surface area contributed by atoms with Gasteiger partial charge in [-0.1, -0.05) is 58.0 Å². The Morgan fingerprint density at radius 1 is 0.789 bits per heavy atom. The molecular formula is C11H5Cl5N2O. The highest BCUT2D eigenvalue weighted by Crippen LogP contribution is 2.38. The van der Waals surface area contributed by atoms with Gasteiger partial charge in [-0.15, -0.1) is 0 Å². The summed E-state index contributed by atoms with van der Waals surface area (Å²) in [7, 11) is 0. The van der Waals surface area contributed by atoms with Gasteiger partial charge >= 0.3 is 0 Å². The number of nitrogens with two attached hydrogens (primary N) is 1. The maximum absolute atomic E-state index is 5.98. The second-order valence-corrected chi connectivity index (χ2v) is 5.48. The Morgan fingerprint density at radius 3 is 2.05 bits per heavy atom. The fourth-order valence-electron chi connectivity index (χ4n) is 1.22. The van der Waals surface area contributed by atoms with E-state index in [1.54, 1.807) is 0 Å². The molecule has 0 amide bonds. The van der Waals surface area contributed by atoms with Crippen molar-refractivity contribution in [3.05, 3.63) is 43.3 Å². The summed E-state index contributed by atoms with van der Waals surface area (Å²) in [6.07, 6.45) is 0. The van der Waals surface area contributed by atoms with Crippen LogP contribution < -0.4 is 10.5 Å². The van der Waals surface area contributed by atoms with Crippen molar-refractivity contribution in [2.75, 3.05) is 5.73 Å². The second kappa shape index (κ2) is 5.81. The second-order valence-electron chi connectivity index (χ2n) is 3.44. The molecule has 0 aliphatic carbocycles. The van der Waals surface area contributed by atoms with Crippen molar-refractivity contribution in [2.24, 2.45) is 0 Å². The van der Waals surface area contributed by atoms with Gasteiger partial charge in [0.2, 0.25) is 5.88 Å². The zero-order valence-corrected chi connectivity index (χ0v) is 12.8. The minimum atomic E-state index is 0.0730. The highest BCUT2D eigenvalue weighted by molar-refractivity contribution is 6.43. The Balaban J connectivity index is 2.42. The van der Waals surface area contributed by atoms with Crippen molar-refractivity contribution >= 4 is 63.8 Å². The third-order valence-electron chi connectivity index (χ3n) is 2.11. The van der Waals surface area contributed by atoms with Crippen molar-refractivity contribution in [1.29, 1.82) is 0 Å². The highest BCUT2D eigenvalue weighted by Gasteiger charge is 2.13. The molecule has 0 saturated heterocycles. The monoisotopic (exact) mass is 356 g/mol. The average Bonchev–Trinajstić information content (AvgIpc) is 2.32. The summed E-state index contributed by atoms with van der Waals surface area (Å²) in [6, 6.07) is 4.33. The van der Waals surface area contributed by atoms with Crippen LogP contribution in [0, 0.1) is 0 Å². The molecule has 0 atom stereocenters. The van der Waals surface area contributed by atoms with Crippen LogP contribution in [0.5, 0.6) is 11.6 Å². The van der Waals surface area contributed by atoms with Gasteiger partial charge in [-0.25, -0.2) is 0 Å². The van der Waals surface area contributed by atoms with E-state index in [0.717, 1.165) is 0 Å². The molecular weight excluding hydrogens is 353 g/mol. The van der Waals surface area contributed by atoms with Crippen LogP contribution in [-0.4, -0.2) is 4.98 Å². The molecule has 0 bridgehead atoms. The van der Waals surface area contributed by atoms with Gasteiger partial charge in [-0.2, -0.15) is 4.98 Å². The van der Waals surface area contributed by atoms with Crippen LogP contribution in [0.4, 0.5) is 5.82 Å². The molecule has 0 radical (unpaired) electrons. The summed E-state index contributed by atoms with van der Waals surface area (Å²) < 4.78 is 5.45. The molecule has 1 aromatic carbocycles. The first-order chi connectivity index (χ1) is 8.88. The summed E-state index contributed by atoms with van der Waals surface area (Å²) in [5.41, 5.74) is 5.57. The van der Waals surface area contributed by atoms with E-state index >= 15 is 0 Å². The SMILES string of the molecule is Nc1nc(Oc2cc(Cl)c(Cl)cc2Cl)c(Cl)cc1Cl. The molecule has 0 aliphatic rings. The van der Waals surface area contributed by atoms with Crippen molar-refractivity contribution < 1.29 is 4.74 Å². The Bertz CT molecular complexity index is 592. The predicted octanol–water partition coefficient (Wildman–Crippen LogP) is 5.72. The Kier molecular flexibility index (Phi) is 4.54. The number of rotatable bonds is 2. The summed E-state index contributed by atoms with van der Waals surface area (Å²) >= 11 is 29.4. The number of hydrogen-bond donors (Lipinski definition) is 1. The summed E-state index contributed by atoms with van der Waals surface area (Å²) in [6.45, 7) is 0. The topological polar surface area (TPSA) is 48.1 Å². The molecule has 1 heterocycles. The molecule has 2 N–H and O–H groups in total. The first kappa shape index (κ1) is 14.8. The van der Waals surface area contributed by atoms with Gasteiger partial charge in [0.15, 0.2) is 0 Å². The van der Waals surface area contributed by atoms with Crippen LogP contribution in [0.25, 0.3) is 0 Å². The van der Waals surface area contributed by atoms with E-state index < -0.39 is 0 Å². The largest absolute Gasteiger partial charge is 0.436 e. The molecule has 1 aromatic heterocycles. The molecule has 0 saturated carbocycles. The smallest absolute Gasteiger partial charge is 0.240 e. The Hall–Kier alpha value is -0.580. The van der Waals surface area contributed by atoms with Crippen LogP contribution in [0.2, 0.25) is 25.1 Å². The van der Waals surface area contributed by atoms with Gasteiger partial charge < -0.3 is 10.5 Å². The summed E-state index contributed by atoms with van der Waals surface area (Å²) in [5, 5.41) is 1.30. The van der Waals surface area contributed by atoms with E-state index in [-0.39, 0.29) is 32.5 Å². The number of ether oxygens (including phenoxy) is 1. The number of benzene rings is 1. The molecule has 2 aromatic rings. The van der Waals surface area contributed by atoms with E-state index in [9.17, 15) is 0 Å². The predicted molar refractivity (Wildman–Crippen MR) is 80.2 cm³/mol. The molecule has 3 nitrogen and oxygen atoms in total. The fraction of sp³-hybridized carbons (Fsp3) is 0. The van der Waals surface area contributed by atoms with Crippen molar-refractivity contribution in [3.63, 3.8) is 0 Å². The molecule has 0 fully saturated rings. The lowest BCUT2D eigenvalue weighted by atomic mass is 10.3. The molecule has 2 rings (SSSR count). The molecule has 0 spiro atoms. The molecule has 0 unspecified atom stereocenters. The molecule has 0 aliphatic heterocycles. The number of aromatic nitrogens is 1. The lowest BCUT2D eigenvalue weighted by Crippen LogP contribution is -1.96. The van der Waals surface area contributed by atoms with Crippen LogP contribution in [0.15, 0.2) is 18.2 Å². The molecule has 100 valence electrons. The van der Waals surface area contributed by atoms with Gasteiger partial charge in [-0.05, 0) is 12.1 Å². The minimum absolute atomic E-state index is 0.0730. The quantitative estimate of drug-likeness (QED) is 0.698. The van der Waals surface area contributed by atoms with Crippen molar-refractivity contribution in [1.82, 2.24) is 4.98 Å². The van der Waals surface area contributed by atoms with E-state index in [2.05, 4.69) is 4.98 Å². The van der Waals surface area contributed by atoms with Crippen LogP contribution >= 0.6 is 58.0 Å². The van der Waals surface area contributed by atoms with Gasteiger partial charge in [0.25, 0.3) is 0 Å². The summed E-state index contributed by atoms with van der Waals surface area (Å²) in [4.78, 5) is 3.92. The van der Waals surface area contributed by atoms with E-state index in [4.69, 9.17) is 68.5 Å². The zero-order valence-electron chi connectivity index (χ0n) is 9.05. The first-order valence-corrected chi connectivity index (χ1v) is 6.71. The lowest BCUT2D eigenvalue weighted by molar-refractivity contribution is 0.464. The van der Waals surface area contributed by atoms with Crippen LogP contribution in [0.3, 0.4) is 0 Å². The number of nitrogens with zero attached hydrogens (tertiary/aromatic N) is 1. The van der Waals surface area contributed by atoms with Crippen molar-refractivity contribution in [2.45, 2.75) is 0 Å². The zero-order chi connectivity index (χ0) is 14.2. The van der Waals surface area contributed by atoms with E-state index in [0.29, 0.717) is 10.0 Å². The van der Waals surface area contributed by atoms with Gasteiger partial charge in [0.1, 0.15) is 16.6 Å². The third-order valence-corrected chi connectivity index (χ3v) is 3.70. The summed E-state index contributed by atoms with van der Waals surface area (Å²) in [5.74, 6) is 0.424. The Morgan fingerprint density at radius 2 is 1.37 bits per heavy atom. The number of nitrogen functional groups attached to an aromatic ring is 1. The third kappa shape index (κ3) is 3.30. The average molecular weight is 358 g/mol. The van der Waals surface area contributed by atoms with Crippen molar-refractivity contribution in [3.8, 4) is 11.6 Å². The number of pyridine rings is 1. The number of anilines is 1. The lowest BCUT2D eigenvalue weighted by Gasteiger charge is -2.10. The van der Waals surface area contributed by atoms with Crippen LogP contribution in [0.1, 0.15) is 0 Å². The van der Waals surface area contributed by atoms with Gasteiger partial charge in [0, 0.05) is 6.07 Å².